The number of fused-ring (bicyclic) bond motifs is 5. The van der Waals surface area contributed by atoms with Gasteiger partial charge in [-0.15, -0.1) is 11.6 Å². The minimum Gasteiger partial charge on any atom is -0.299 e. The quantitative estimate of drug-likeness (QED) is 0.508. The van der Waals surface area contributed by atoms with E-state index in [1.54, 1.807) is 0 Å². The molecule has 0 bridgehead atoms. The maximum absolute atomic E-state index is 12.5. The van der Waals surface area contributed by atoms with Gasteiger partial charge in [0.25, 0.3) is 0 Å². The molecule has 4 fully saturated rings. The second kappa shape index (κ2) is 4.99. The lowest BCUT2D eigenvalue weighted by molar-refractivity contribution is -0.186. The summed E-state index contributed by atoms with van der Waals surface area (Å²) in [6.07, 6.45) is 9.51. The molecule has 0 aromatic rings. The van der Waals surface area contributed by atoms with Crippen LogP contribution in [0, 0.1) is 39.9 Å². The van der Waals surface area contributed by atoms with Gasteiger partial charge in [-0.2, -0.15) is 0 Å². The summed E-state index contributed by atoms with van der Waals surface area (Å²) >= 11 is 6.65. The first-order valence-corrected chi connectivity index (χ1v) is 10.3. The van der Waals surface area contributed by atoms with Crippen molar-refractivity contribution in [3.05, 3.63) is 0 Å². The number of rotatable bonds is 0. The molecule has 2 heteroatoms. The van der Waals surface area contributed by atoms with Crippen LogP contribution in [0.5, 0.6) is 0 Å². The molecule has 0 aromatic carbocycles. The lowest BCUT2D eigenvalue weighted by Gasteiger charge is -2.67. The summed E-state index contributed by atoms with van der Waals surface area (Å²) in [5, 5.41) is 0.373. The van der Waals surface area contributed by atoms with E-state index in [-0.39, 0.29) is 5.41 Å². The first-order chi connectivity index (χ1) is 10.7. The van der Waals surface area contributed by atoms with E-state index >= 15 is 0 Å². The van der Waals surface area contributed by atoms with Gasteiger partial charge in [-0.3, -0.25) is 4.79 Å². The van der Waals surface area contributed by atoms with E-state index in [2.05, 4.69) is 27.7 Å². The van der Waals surface area contributed by atoms with Gasteiger partial charge in [-0.1, -0.05) is 27.7 Å². The highest BCUT2D eigenvalue weighted by atomic mass is 35.5. The van der Waals surface area contributed by atoms with E-state index in [9.17, 15) is 4.79 Å². The Labute approximate surface area is 146 Å². The minimum absolute atomic E-state index is 0.252. The lowest BCUT2D eigenvalue weighted by Crippen LogP contribution is -2.61. The van der Waals surface area contributed by atoms with Gasteiger partial charge in [0.05, 0.1) is 0 Å². The Hall–Kier alpha value is -0.0400. The van der Waals surface area contributed by atoms with Gasteiger partial charge in [0.1, 0.15) is 5.78 Å². The highest BCUT2D eigenvalue weighted by Crippen LogP contribution is 2.72. The van der Waals surface area contributed by atoms with Crippen LogP contribution in [-0.4, -0.2) is 11.2 Å². The topological polar surface area (TPSA) is 17.1 Å². The summed E-state index contributed by atoms with van der Waals surface area (Å²) in [7, 11) is 0. The molecular weight excluding hydrogens is 304 g/mol. The maximum Gasteiger partial charge on any atom is 0.136 e. The van der Waals surface area contributed by atoms with E-state index < -0.39 is 0 Å². The summed E-state index contributed by atoms with van der Waals surface area (Å²) in [4.78, 5) is 12.5. The van der Waals surface area contributed by atoms with E-state index in [4.69, 9.17) is 11.6 Å². The molecule has 4 saturated carbocycles. The minimum atomic E-state index is 0.252. The van der Waals surface area contributed by atoms with Crippen LogP contribution in [-0.2, 0) is 4.79 Å². The van der Waals surface area contributed by atoms with Crippen molar-refractivity contribution in [2.75, 3.05) is 0 Å². The predicted octanol–water partition coefficient (Wildman–Crippen LogP) is 5.84. The van der Waals surface area contributed by atoms with Gasteiger partial charge >= 0.3 is 0 Å². The van der Waals surface area contributed by atoms with E-state index in [1.165, 1.54) is 32.1 Å². The number of alkyl halides is 1. The molecular formula is C21H33ClO. The predicted molar refractivity (Wildman–Crippen MR) is 95.5 cm³/mol. The fourth-order valence-corrected chi connectivity index (χ4v) is 8.33. The molecule has 130 valence electrons. The zero-order chi connectivity index (χ0) is 16.6. The van der Waals surface area contributed by atoms with Crippen molar-refractivity contribution in [1.29, 1.82) is 0 Å². The molecule has 8 atom stereocenters. The molecule has 0 N–H and O–H groups in total. The summed E-state index contributed by atoms with van der Waals surface area (Å²) in [6.45, 7) is 10.0. The summed E-state index contributed by atoms with van der Waals surface area (Å²) in [5.41, 5.74) is 1.05. The highest BCUT2D eigenvalue weighted by Gasteiger charge is 2.67. The van der Waals surface area contributed by atoms with Crippen LogP contribution >= 0.6 is 11.6 Å². The average molecular weight is 337 g/mol. The molecule has 0 aliphatic heterocycles. The SMILES string of the molecule is C[C@@H]1[C@H](Cl)CC[C@@]2(C)[C@H]1CC[C@@]1(C)[C@H]2CC[C@@H]2C(=O)CC[C@@]21C. The second-order valence-electron chi connectivity index (χ2n) is 10.0. The Morgan fingerprint density at radius 2 is 1.70 bits per heavy atom. The standard InChI is InChI=1S/C21H33ClO/c1-13-14-7-11-21(4)18(19(14,2)10-8-16(13)22)6-5-15-17(23)9-12-20(15,21)3/h13-16,18H,5-12H2,1-4H3/t13-,14-,15+,16+,18-,19-,20-,21-/m0/s1. The van der Waals surface area contributed by atoms with Crippen molar-refractivity contribution in [2.24, 2.45) is 39.9 Å². The van der Waals surface area contributed by atoms with Crippen molar-refractivity contribution in [3.8, 4) is 0 Å². The van der Waals surface area contributed by atoms with Crippen LogP contribution in [0.4, 0.5) is 0 Å². The molecule has 0 saturated heterocycles. The zero-order valence-corrected chi connectivity index (χ0v) is 16.1. The molecule has 1 nitrogen and oxygen atoms in total. The van der Waals surface area contributed by atoms with Crippen LogP contribution < -0.4 is 0 Å². The Balaban J connectivity index is 1.74. The Morgan fingerprint density at radius 1 is 0.957 bits per heavy atom. The van der Waals surface area contributed by atoms with Crippen molar-refractivity contribution < 1.29 is 4.79 Å². The van der Waals surface area contributed by atoms with E-state index in [0.29, 0.717) is 33.8 Å². The fraction of sp³-hybridized carbons (Fsp3) is 0.952. The Kier molecular flexibility index (Phi) is 3.57. The third-order valence-corrected chi connectivity index (χ3v) is 10.3. The molecule has 0 spiro atoms. The first-order valence-electron chi connectivity index (χ1n) is 9.91. The van der Waals surface area contributed by atoms with Crippen molar-refractivity contribution in [1.82, 2.24) is 0 Å². The molecule has 0 heterocycles. The monoisotopic (exact) mass is 336 g/mol. The number of Topliss-reactive ketones (excluding diaryl/α,β-unsaturated/α-hetero) is 1. The molecule has 4 rings (SSSR count). The molecule has 0 aromatic heterocycles. The van der Waals surface area contributed by atoms with Crippen molar-refractivity contribution in [3.63, 3.8) is 0 Å². The van der Waals surface area contributed by atoms with Gasteiger partial charge in [0.2, 0.25) is 0 Å². The van der Waals surface area contributed by atoms with Crippen LogP contribution in [0.2, 0.25) is 0 Å². The summed E-state index contributed by atoms with van der Waals surface area (Å²) in [6, 6.07) is 0. The van der Waals surface area contributed by atoms with Crippen molar-refractivity contribution in [2.45, 2.75) is 84.4 Å². The van der Waals surface area contributed by atoms with E-state index in [1.807, 2.05) is 0 Å². The normalized spacial score (nSPS) is 59.2. The smallest absolute Gasteiger partial charge is 0.136 e. The van der Waals surface area contributed by atoms with Crippen molar-refractivity contribution >= 4 is 17.4 Å². The second-order valence-corrected chi connectivity index (χ2v) is 10.6. The maximum atomic E-state index is 12.5. The number of hydrogen-bond donors (Lipinski definition) is 0. The van der Waals surface area contributed by atoms with Gasteiger partial charge in [0.15, 0.2) is 0 Å². The zero-order valence-electron chi connectivity index (χ0n) is 15.3. The van der Waals surface area contributed by atoms with E-state index in [0.717, 1.165) is 31.1 Å². The number of hydrogen-bond acceptors (Lipinski definition) is 1. The Bertz CT molecular complexity index is 530. The average Bonchev–Trinajstić information content (AvgIpc) is 2.81. The van der Waals surface area contributed by atoms with Gasteiger partial charge in [-0.05, 0) is 78.9 Å². The lowest BCUT2D eigenvalue weighted by atomic mass is 9.37. The summed E-state index contributed by atoms with van der Waals surface area (Å²) in [5.74, 6) is 3.14. The van der Waals surface area contributed by atoms with Gasteiger partial charge < -0.3 is 0 Å². The summed E-state index contributed by atoms with van der Waals surface area (Å²) < 4.78 is 0. The van der Waals surface area contributed by atoms with Crippen LogP contribution in [0.1, 0.15) is 79.1 Å². The number of ketones is 1. The molecule has 4 aliphatic rings. The largest absolute Gasteiger partial charge is 0.299 e. The van der Waals surface area contributed by atoms with Gasteiger partial charge in [-0.25, -0.2) is 0 Å². The van der Waals surface area contributed by atoms with Crippen LogP contribution in [0.15, 0.2) is 0 Å². The molecule has 23 heavy (non-hydrogen) atoms. The van der Waals surface area contributed by atoms with Crippen LogP contribution in [0.25, 0.3) is 0 Å². The number of carbonyl (C=O) groups is 1. The number of carbonyl (C=O) groups excluding carboxylic acids is 1. The fourth-order valence-electron chi connectivity index (χ4n) is 8.05. The first kappa shape index (κ1) is 16.4. The third kappa shape index (κ3) is 1.89. The number of halogens is 1. The third-order valence-electron chi connectivity index (χ3n) is 9.65. The molecule has 0 radical (unpaired) electrons. The Morgan fingerprint density at radius 3 is 2.43 bits per heavy atom. The van der Waals surface area contributed by atoms with Gasteiger partial charge in [0, 0.05) is 17.7 Å². The molecule has 0 unspecified atom stereocenters. The molecule has 4 aliphatic carbocycles. The molecule has 0 amide bonds. The highest BCUT2D eigenvalue weighted by molar-refractivity contribution is 6.20. The van der Waals surface area contributed by atoms with Crippen LogP contribution in [0.3, 0.4) is 0 Å².